The lowest BCUT2D eigenvalue weighted by atomic mass is 10.4. The van der Waals surface area contributed by atoms with Crippen molar-refractivity contribution in [2.24, 2.45) is 11.7 Å². The molecule has 1 fully saturated rings. The first kappa shape index (κ1) is 6.98. The molecule has 0 radical (unpaired) electrons. The first-order valence-electron chi connectivity index (χ1n) is 2.72. The summed E-state index contributed by atoms with van der Waals surface area (Å²) in [5.74, 6) is -0.000000000000000222. The van der Waals surface area contributed by atoms with Gasteiger partial charge in [0.2, 0.25) is 0 Å². The molecule has 4 nitrogen and oxygen atoms in total. The number of hydrogen-bond acceptors (Lipinski definition) is 3. The van der Waals surface area contributed by atoms with Crippen LogP contribution in [0.5, 0.6) is 0 Å². The summed E-state index contributed by atoms with van der Waals surface area (Å²) in [6.07, 6.45) is 0.523. The Balaban J connectivity index is 2.53. The second-order valence-corrected chi connectivity index (χ2v) is 3.92. The van der Waals surface area contributed by atoms with Crippen LogP contribution in [0.2, 0.25) is 0 Å². The molecule has 0 unspecified atom stereocenters. The van der Waals surface area contributed by atoms with Crippen molar-refractivity contribution >= 4 is 10.1 Å². The van der Waals surface area contributed by atoms with Gasteiger partial charge in [-0.05, 0) is 18.9 Å². The van der Waals surface area contributed by atoms with Gasteiger partial charge in [0.15, 0.2) is 0 Å². The van der Waals surface area contributed by atoms with E-state index in [1.807, 2.05) is 0 Å². The van der Waals surface area contributed by atoms with Crippen LogP contribution in [0.25, 0.3) is 0 Å². The lowest BCUT2D eigenvalue weighted by molar-refractivity contribution is 0.479. The third-order valence-electron chi connectivity index (χ3n) is 1.54. The van der Waals surface area contributed by atoms with Crippen LogP contribution in [0, 0.1) is 5.92 Å². The van der Waals surface area contributed by atoms with E-state index in [1.54, 1.807) is 0 Å². The molecule has 0 aliphatic heterocycles. The molecular weight excluding hydrogens is 142 g/mol. The van der Waals surface area contributed by atoms with E-state index in [1.165, 1.54) is 0 Å². The summed E-state index contributed by atoms with van der Waals surface area (Å²) in [6.45, 7) is 0.352. The largest absolute Gasteiger partial charge is 0.330 e. The molecular formula is C4H9NO3S. The molecule has 0 bridgehead atoms. The van der Waals surface area contributed by atoms with Crippen molar-refractivity contribution in [3.63, 3.8) is 0 Å². The van der Waals surface area contributed by atoms with Gasteiger partial charge >= 0.3 is 0 Å². The van der Waals surface area contributed by atoms with Crippen LogP contribution in [0.1, 0.15) is 6.42 Å². The van der Waals surface area contributed by atoms with Gasteiger partial charge in [-0.2, -0.15) is 8.42 Å². The third kappa shape index (κ3) is 1.41. The van der Waals surface area contributed by atoms with E-state index in [9.17, 15) is 8.42 Å². The predicted octanol–water partition coefficient (Wildman–Crippen LogP) is -0.779. The highest BCUT2D eigenvalue weighted by Gasteiger charge is 2.45. The van der Waals surface area contributed by atoms with Gasteiger partial charge < -0.3 is 5.73 Å². The minimum atomic E-state index is -3.77. The van der Waals surface area contributed by atoms with Gasteiger partial charge in [0, 0.05) is 0 Å². The Morgan fingerprint density at radius 1 is 1.67 bits per heavy atom. The molecule has 5 heteroatoms. The molecule has 0 saturated heterocycles. The monoisotopic (exact) mass is 151 g/mol. The highest BCUT2D eigenvalue weighted by Crippen LogP contribution is 2.35. The molecule has 1 saturated carbocycles. The van der Waals surface area contributed by atoms with E-state index in [0.29, 0.717) is 13.0 Å². The normalized spacial score (nSPS) is 34.4. The quantitative estimate of drug-likeness (QED) is 0.507. The molecule has 3 N–H and O–H groups in total. The van der Waals surface area contributed by atoms with Crippen LogP contribution < -0.4 is 5.73 Å². The van der Waals surface area contributed by atoms with Crippen LogP contribution in [-0.2, 0) is 10.1 Å². The van der Waals surface area contributed by atoms with Crippen LogP contribution in [0.3, 0.4) is 0 Å². The zero-order valence-corrected chi connectivity index (χ0v) is 5.63. The average Bonchev–Trinajstić information content (AvgIpc) is 2.39. The van der Waals surface area contributed by atoms with Crippen LogP contribution >= 0.6 is 0 Å². The summed E-state index contributed by atoms with van der Waals surface area (Å²) in [7, 11) is -3.77. The van der Waals surface area contributed by atoms with Gasteiger partial charge in [0.25, 0.3) is 10.1 Å². The SMILES string of the molecule is NC[C@H]1C[C@H]1S(=O)(=O)O. The molecule has 0 aromatic carbocycles. The predicted molar refractivity (Wildman–Crippen MR) is 32.5 cm³/mol. The molecule has 1 aliphatic rings. The van der Waals surface area contributed by atoms with E-state index in [0.717, 1.165) is 0 Å². The molecule has 1 aliphatic carbocycles. The van der Waals surface area contributed by atoms with Crippen molar-refractivity contribution in [2.45, 2.75) is 11.7 Å². The second-order valence-electron chi connectivity index (χ2n) is 2.28. The summed E-state index contributed by atoms with van der Waals surface area (Å²) < 4.78 is 28.9. The van der Waals surface area contributed by atoms with Crippen molar-refractivity contribution < 1.29 is 13.0 Å². The van der Waals surface area contributed by atoms with Gasteiger partial charge in [-0.1, -0.05) is 0 Å². The van der Waals surface area contributed by atoms with Crippen molar-refractivity contribution in [1.29, 1.82) is 0 Å². The first-order valence-corrected chi connectivity index (χ1v) is 4.22. The van der Waals surface area contributed by atoms with E-state index >= 15 is 0 Å². The van der Waals surface area contributed by atoms with Crippen LogP contribution in [0.15, 0.2) is 0 Å². The molecule has 0 aromatic rings. The molecule has 2 atom stereocenters. The molecule has 9 heavy (non-hydrogen) atoms. The highest BCUT2D eigenvalue weighted by molar-refractivity contribution is 7.86. The maximum absolute atomic E-state index is 10.3. The highest BCUT2D eigenvalue weighted by atomic mass is 32.2. The maximum Gasteiger partial charge on any atom is 0.268 e. The Labute approximate surface area is 53.8 Å². The molecule has 0 aromatic heterocycles. The minimum Gasteiger partial charge on any atom is -0.330 e. The second kappa shape index (κ2) is 1.93. The van der Waals surface area contributed by atoms with Crippen molar-refractivity contribution in [1.82, 2.24) is 0 Å². The average molecular weight is 151 g/mol. The zero-order chi connectivity index (χ0) is 7.07. The number of hydrogen-bond donors (Lipinski definition) is 2. The Hall–Kier alpha value is -0.130. The fraction of sp³-hybridized carbons (Fsp3) is 1.00. The molecule has 1 rings (SSSR count). The maximum atomic E-state index is 10.3. The molecule has 0 heterocycles. The summed E-state index contributed by atoms with van der Waals surface area (Å²) in [4.78, 5) is 0. The van der Waals surface area contributed by atoms with Gasteiger partial charge in [0.1, 0.15) is 0 Å². The van der Waals surface area contributed by atoms with Gasteiger partial charge in [-0.3, -0.25) is 4.55 Å². The lowest BCUT2D eigenvalue weighted by Gasteiger charge is -1.89. The number of nitrogens with two attached hydrogens (primary N) is 1. The summed E-state index contributed by atoms with van der Waals surface area (Å²) in [5.41, 5.74) is 5.15. The third-order valence-corrected chi connectivity index (χ3v) is 2.89. The standard InChI is InChI=1S/C4H9NO3S/c5-2-3-1-4(3)9(6,7)8/h3-4H,1-2,5H2,(H,6,7,8)/t3-,4-/m1/s1. The minimum absolute atomic E-state index is 0.000000000000000222. The van der Waals surface area contributed by atoms with Gasteiger partial charge in [-0.25, -0.2) is 0 Å². The summed E-state index contributed by atoms with van der Waals surface area (Å²) in [5, 5.41) is -0.567. The first-order chi connectivity index (χ1) is 4.05. The van der Waals surface area contributed by atoms with Gasteiger partial charge in [0.05, 0.1) is 5.25 Å². The van der Waals surface area contributed by atoms with Gasteiger partial charge in [-0.15, -0.1) is 0 Å². The Morgan fingerprint density at radius 2 is 2.22 bits per heavy atom. The van der Waals surface area contributed by atoms with E-state index in [-0.39, 0.29) is 5.92 Å². The Kier molecular flexibility index (Phi) is 1.50. The van der Waals surface area contributed by atoms with Crippen molar-refractivity contribution in [2.75, 3.05) is 6.54 Å². The van der Waals surface area contributed by atoms with E-state index < -0.39 is 15.4 Å². The van der Waals surface area contributed by atoms with Crippen LogP contribution in [0.4, 0.5) is 0 Å². The zero-order valence-electron chi connectivity index (χ0n) is 4.82. The van der Waals surface area contributed by atoms with Crippen LogP contribution in [-0.4, -0.2) is 24.8 Å². The van der Waals surface area contributed by atoms with Crippen molar-refractivity contribution in [3.8, 4) is 0 Å². The topological polar surface area (TPSA) is 80.4 Å². The fourth-order valence-corrected chi connectivity index (χ4v) is 1.92. The summed E-state index contributed by atoms with van der Waals surface area (Å²) >= 11 is 0. The molecule has 54 valence electrons. The fourth-order valence-electron chi connectivity index (χ4n) is 0.833. The smallest absolute Gasteiger partial charge is 0.268 e. The Bertz CT molecular complexity index is 198. The number of rotatable bonds is 2. The molecule has 0 amide bonds. The summed E-state index contributed by atoms with van der Waals surface area (Å²) in [6, 6.07) is 0. The Morgan fingerprint density at radius 3 is 2.33 bits per heavy atom. The molecule has 0 spiro atoms. The van der Waals surface area contributed by atoms with E-state index in [2.05, 4.69) is 0 Å². The lowest BCUT2D eigenvalue weighted by Crippen LogP contribution is -2.11. The van der Waals surface area contributed by atoms with E-state index in [4.69, 9.17) is 10.3 Å². The van der Waals surface area contributed by atoms with Crippen molar-refractivity contribution in [3.05, 3.63) is 0 Å².